The molecule has 1 aliphatic heterocycles. The Kier molecular flexibility index (Phi) is 3.38. The van der Waals surface area contributed by atoms with E-state index in [1.165, 1.54) is 6.42 Å². The summed E-state index contributed by atoms with van der Waals surface area (Å²) in [6.07, 6.45) is 3.40. The second kappa shape index (κ2) is 5.05. The van der Waals surface area contributed by atoms with Crippen LogP contribution < -0.4 is 10.6 Å². The smallest absolute Gasteiger partial charge is 0.271 e. The molecule has 0 radical (unpaired) electrons. The summed E-state index contributed by atoms with van der Waals surface area (Å²) < 4.78 is 0. The van der Waals surface area contributed by atoms with Crippen LogP contribution in [0, 0.1) is 28.9 Å². The van der Waals surface area contributed by atoms with Crippen LogP contribution in [0.3, 0.4) is 0 Å². The Balaban J connectivity index is 1.83. The van der Waals surface area contributed by atoms with Gasteiger partial charge in [0.1, 0.15) is 0 Å². The van der Waals surface area contributed by atoms with E-state index in [-0.39, 0.29) is 10.6 Å². The average molecular weight is 275 g/mol. The molecule has 2 aliphatic rings. The van der Waals surface area contributed by atoms with Gasteiger partial charge in [-0.15, -0.1) is 0 Å². The number of non-ortho nitro benzene ring substituents is 1. The van der Waals surface area contributed by atoms with E-state index in [1.807, 2.05) is 13.0 Å². The Morgan fingerprint density at radius 1 is 1.30 bits per heavy atom. The molecule has 1 saturated heterocycles. The monoisotopic (exact) mass is 275 g/mol. The summed E-state index contributed by atoms with van der Waals surface area (Å²) >= 11 is 0. The van der Waals surface area contributed by atoms with Crippen LogP contribution in [0.25, 0.3) is 0 Å². The van der Waals surface area contributed by atoms with Gasteiger partial charge in [0, 0.05) is 37.0 Å². The topological polar surface area (TPSA) is 72.4 Å². The lowest BCUT2D eigenvalue weighted by Crippen LogP contribution is -2.32. The van der Waals surface area contributed by atoms with E-state index in [0.717, 1.165) is 37.2 Å². The second-order valence-electron chi connectivity index (χ2n) is 6.23. The first kappa shape index (κ1) is 13.4. The third-order valence-corrected chi connectivity index (χ3v) is 4.83. The molecule has 1 heterocycles. The molecule has 108 valence electrons. The molecular formula is C15H21N3O2. The molecule has 1 unspecified atom stereocenters. The third-order valence-electron chi connectivity index (χ3n) is 4.83. The Bertz CT molecular complexity index is 532. The maximum absolute atomic E-state index is 10.9. The standard InChI is InChI=1S/C15H21N3O2/c1-10-2-5-14(18(19)20)7-15(10)17-8-11-3-4-13(16)6-12(11)9-17/h2,5,7,11-13H,3-4,6,8-9,16H2,1H3/t11-,12+,13?/m1/s1. The van der Waals surface area contributed by atoms with E-state index in [1.54, 1.807) is 12.1 Å². The molecular weight excluding hydrogens is 254 g/mol. The van der Waals surface area contributed by atoms with Crippen molar-refractivity contribution in [3.63, 3.8) is 0 Å². The van der Waals surface area contributed by atoms with Crippen LogP contribution in [0.5, 0.6) is 0 Å². The average Bonchev–Trinajstić information content (AvgIpc) is 2.81. The Hall–Kier alpha value is -1.62. The van der Waals surface area contributed by atoms with Gasteiger partial charge in [-0.05, 0) is 43.6 Å². The van der Waals surface area contributed by atoms with Gasteiger partial charge < -0.3 is 10.6 Å². The minimum atomic E-state index is -0.317. The number of benzene rings is 1. The molecule has 20 heavy (non-hydrogen) atoms. The summed E-state index contributed by atoms with van der Waals surface area (Å²) in [4.78, 5) is 12.9. The molecule has 1 saturated carbocycles. The number of aryl methyl sites for hydroxylation is 1. The van der Waals surface area contributed by atoms with Crippen LogP contribution >= 0.6 is 0 Å². The van der Waals surface area contributed by atoms with E-state index in [0.29, 0.717) is 17.9 Å². The van der Waals surface area contributed by atoms with Crippen molar-refractivity contribution in [1.82, 2.24) is 0 Å². The van der Waals surface area contributed by atoms with Gasteiger partial charge in [0.2, 0.25) is 0 Å². The lowest BCUT2D eigenvalue weighted by molar-refractivity contribution is -0.384. The normalized spacial score (nSPS) is 29.3. The first-order valence-corrected chi connectivity index (χ1v) is 7.30. The van der Waals surface area contributed by atoms with Crippen LogP contribution in [-0.2, 0) is 0 Å². The summed E-state index contributed by atoms with van der Waals surface area (Å²) in [7, 11) is 0. The number of anilines is 1. The number of nitro groups is 1. The van der Waals surface area contributed by atoms with Crippen LogP contribution in [0.4, 0.5) is 11.4 Å². The van der Waals surface area contributed by atoms with Crippen LogP contribution in [0.2, 0.25) is 0 Å². The molecule has 0 aromatic heterocycles. The molecule has 3 atom stereocenters. The van der Waals surface area contributed by atoms with Gasteiger partial charge in [-0.1, -0.05) is 6.07 Å². The molecule has 0 spiro atoms. The molecule has 1 aliphatic carbocycles. The predicted octanol–water partition coefficient (Wildman–Crippen LogP) is 2.47. The zero-order valence-electron chi connectivity index (χ0n) is 11.8. The summed E-state index contributed by atoms with van der Waals surface area (Å²) in [5.41, 5.74) is 8.36. The van der Waals surface area contributed by atoms with Crippen molar-refractivity contribution in [3.05, 3.63) is 33.9 Å². The van der Waals surface area contributed by atoms with Gasteiger partial charge in [0.05, 0.1) is 4.92 Å². The quantitative estimate of drug-likeness (QED) is 0.664. The fourth-order valence-corrected chi connectivity index (χ4v) is 3.72. The fraction of sp³-hybridized carbons (Fsp3) is 0.600. The van der Waals surface area contributed by atoms with Crippen molar-refractivity contribution >= 4 is 11.4 Å². The van der Waals surface area contributed by atoms with E-state index in [9.17, 15) is 10.1 Å². The number of hydrogen-bond donors (Lipinski definition) is 1. The van der Waals surface area contributed by atoms with Crippen molar-refractivity contribution in [2.75, 3.05) is 18.0 Å². The molecule has 3 rings (SSSR count). The second-order valence-corrected chi connectivity index (χ2v) is 6.23. The van der Waals surface area contributed by atoms with Crippen LogP contribution in [0.15, 0.2) is 18.2 Å². The Morgan fingerprint density at radius 2 is 2.05 bits per heavy atom. The molecule has 2 N–H and O–H groups in total. The van der Waals surface area contributed by atoms with Crippen molar-refractivity contribution in [2.45, 2.75) is 32.2 Å². The highest BCUT2D eigenvalue weighted by Crippen LogP contribution is 2.39. The van der Waals surface area contributed by atoms with E-state index in [2.05, 4.69) is 4.90 Å². The third kappa shape index (κ3) is 2.38. The molecule has 5 nitrogen and oxygen atoms in total. The molecule has 1 aromatic carbocycles. The minimum absolute atomic E-state index is 0.178. The Labute approximate surface area is 118 Å². The van der Waals surface area contributed by atoms with Gasteiger partial charge in [-0.25, -0.2) is 0 Å². The number of rotatable bonds is 2. The van der Waals surface area contributed by atoms with Crippen molar-refractivity contribution in [3.8, 4) is 0 Å². The first-order chi connectivity index (χ1) is 9.54. The van der Waals surface area contributed by atoms with Crippen molar-refractivity contribution in [1.29, 1.82) is 0 Å². The summed E-state index contributed by atoms with van der Waals surface area (Å²) in [5.74, 6) is 1.35. The molecule has 5 heteroatoms. The first-order valence-electron chi connectivity index (χ1n) is 7.30. The number of hydrogen-bond acceptors (Lipinski definition) is 4. The lowest BCUT2D eigenvalue weighted by Gasteiger charge is -2.27. The molecule has 2 fully saturated rings. The summed E-state index contributed by atoms with van der Waals surface area (Å²) in [5, 5.41) is 10.9. The highest BCUT2D eigenvalue weighted by atomic mass is 16.6. The predicted molar refractivity (Wildman–Crippen MR) is 78.9 cm³/mol. The number of nitro benzene ring substituents is 1. The van der Waals surface area contributed by atoms with Crippen molar-refractivity contribution < 1.29 is 4.92 Å². The van der Waals surface area contributed by atoms with Gasteiger partial charge in [-0.3, -0.25) is 10.1 Å². The fourth-order valence-electron chi connectivity index (χ4n) is 3.72. The SMILES string of the molecule is Cc1ccc([N+](=O)[O-])cc1N1C[C@H]2CCC(N)C[C@H]2C1. The number of nitrogens with zero attached hydrogens (tertiary/aromatic N) is 2. The van der Waals surface area contributed by atoms with E-state index in [4.69, 9.17) is 5.73 Å². The van der Waals surface area contributed by atoms with Gasteiger partial charge in [-0.2, -0.15) is 0 Å². The zero-order valence-corrected chi connectivity index (χ0v) is 11.8. The summed E-state index contributed by atoms with van der Waals surface area (Å²) in [6.45, 7) is 4.02. The molecule has 0 bridgehead atoms. The Morgan fingerprint density at radius 3 is 2.80 bits per heavy atom. The maximum Gasteiger partial charge on any atom is 0.271 e. The van der Waals surface area contributed by atoms with Crippen LogP contribution in [-0.4, -0.2) is 24.1 Å². The largest absolute Gasteiger partial charge is 0.371 e. The van der Waals surface area contributed by atoms with E-state index < -0.39 is 0 Å². The van der Waals surface area contributed by atoms with Crippen molar-refractivity contribution in [2.24, 2.45) is 17.6 Å². The van der Waals surface area contributed by atoms with Crippen LogP contribution in [0.1, 0.15) is 24.8 Å². The minimum Gasteiger partial charge on any atom is -0.371 e. The highest BCUT2D eigenvalue weighted by Gasteiger charge is 2.37. The van der Waals surface area contributed by atoms with Gasteiger partial charge >= 0.3 is 0 Å². The summed E-state index contributed by atoms with van der Waals surface area (Å²) in [6, 6.07) is 5.48. The van der Waals surface area contributed by atoms with E-state index >= 15 is 0 Å². The number of fused-ring (bicyclic) bond motifs is 1. The zero-order chi connectivity index (χ0) is 14.3. The maximum atomic E-state index is 10.9. The highest BCUT2D eigenvalue weighted by molar-refractivity contribution is 5.59. The van der Waals surface area contributed by atoms with Gasteiger partial charge in [0.25, 0.3) is 5.69 Å². The lowest BCUT2D eigenvalue weighted by atomic mass is 9.79. The molecule has 0 amide bonds. The van der Waals surface area contributed by atoms with Gasteiger partial charge in [0.15, 0.2) is 0 Å². The number of nitrogens with two attached hydrogens (primary N) is 1. The molecule has 1 aromatic rings.